The molecule has 4 rings (SSSR count). The van der Waals surface area contributed by atoms with Crippen molar-refractivity contribution in [2.45, 2.75) is 41.9 Å². The van der Waals surface area contributed by atoms with Gasteiger partial charge >= 0.3 is 17.5 Å². The molecule has 1 aliphatic heterocycles. The van der Waals surface area contributed by atoms with Gasteiger partial charge in [-0.15, -0.1) is 0 Å². The van der Waals surface area contributed by atoms with Gasteiger partial charge in [-0.1, -0.05) is 24.3 Å². The van der Waals surface area contributed by atoms with Crippen molar-refractivity contribution in [1.82, 2.24) is 10.2 Å². The average Bonchev–Trinajstić information content (AvgIpc) is 3.48. The summed E-state index contributed by atoms with van der Waals surface area (Å²) >= 11 is 0. The Balaban J connectivity index is 1.52. The molecule has 4 atom stereocenters. The zero-order chi connectivity index (χ0) is 27.6. The van der Waals surface area contributed by atoms with Gasteiger partial charge in [0.15, 0.2) is 10.8 Å². The first-order valence-corrected chi connectivity index (χ1v) is 12.7. The van der Waals surface area contributed by atoms with Crippen molar-refractivity contribution in [2.75, 3.05) is 12.4 Å². The summed E-state index contributed by atoms with van der Waals surface area (Å²) in [6, 6.07) is 8.46. The SMILES string of the molecule is COc1ccc(CCC(=O)O)cc1C(=O)NC1C2C=CC(C2)N1C(=O)Nc1cccc(S(=O)C(F)(F)F)c1. The number of carbonyl (C=O) groups is 3. The smallest absolute Gasteiger partial charge is 0.475 e. The topological polar surface area (TPSA) is 125 Å². The fourth-order valence-corrected chi connectivity index (χ4v) is 5.28. The molecule has 3 N–H and O–H groups in total. The maximum atomic E-state index is 13.3. The second-order valence-electron chi connectivity index (χ2n) is 8.78. The normalized spacial score (nSPS) is 20.7. The van der Waals surface area contributed by atoms with Crippen LogP contribution in [0.3, 0.4) is 0 Å². The van der Waals surface area contributed by atoms with E-state index in [-0.39, 0.29) is 41.8 Å². The Labute approximate surface area is 218 Å². The first kappa shape index (κ1) is 27.2. The predicted octanol–water partition coefficient (Wildman–Crippen LogP) is 3.89. The number of nitrogens with zero attached hydrogens (tertiary/aromatic N) is 1. The van der Waals surface area contributed by atoms with Crippen LogP contribution in [0.2, 0.25) is 0 Å². The Morgan fingerprint density at radius 1 is 1.16 bits per heavy atom. The van der Waals surface area contributed by atoms with Crippen LogP contribution < -0.4 is 15.4 Å². The third-order valence-corrected chi connectivity index (χ3v) is 7.42. The molecular weight excluding hydrogens is 527 g/mol. The lowest BCUT2D eigenvalue weighted by molar-refractivity contribution is -0.136. The fourth-order valence-electron chi connectivity index (χ4n) is 4.58. The molecule has 2 bridgehead atoms. The minimum absolute atomic E-state index is 0.0229. The number of fused-ring (bicyclic) bond motifs is 2. The van der Waals surface area contributed by atoms with E-state index >= 15 is 0 Å². The molecule has 1 saturated heterocycles. The molecule has 0 aromatic heterocycles. The summed E-state index contributed by atoms with van der Waals surface area (Å²) in [5, 5.41) is 14.3. The molecule has 0 saturated carbocycles. The number of ether oxygens (including phenoxy) is 1. The predicted molar refractivity (Wildman–Crippen MR) is 131 cm³/mol. The standard InChI is InChI=1S/C25H24F3N3O6S/c1-37-20-9-5-14(6-10-21(32)33)11-19(20)23(34)30-22-15-7-8-17(12-15)31(22)24(35)29-16-3-2-4-18(13-16)38(36)25(26,27)28/h2-5,7-9,11,13,15,17,22H,6,10,12H2,1H3,(H,29,35)(H,30,34)(H,32,33). The number of carboxylic acid groups (broad SMARTS) is 1. The van der Waals surface area contributed by atoms with Crippen molar-refractivity contribution in [3.05, 3.63) is 65.7 Å². The van der Waals surface area contributed by atoms with Gasteiger partial charge < -0.3 is 20.5 Å². The number of benzene rings is 2. The zero-order valence-electron chi connectivity index (χ0n) is 20.0. The summed E-state index contributed by atoms with van der Waals surface area (Å²) in [6.07, 6.45) is 3.59. The molecule has 1 aliphatic carbocycles. The van der Waals surface area contributed by atoms with E-state index in [4.69, 9.17) is 9.84 Å². The Morgan fingerprint density at radius 3 is 2.61 bits per heavy atom. The van der Waals surface area contributed by atoms with Gasteiger partial charge in [0.25, 0.3) is 5.91 Å². The lowest BCUT2D eigenvalue weighted by atomic mass is 10.0. The van der Waals surface area contributed by atoms with Crippen LogP contribution >= 0.6 is 0 Å². The maximum Gasteiger partial charge on any atom is 0.475 e. The van der Waals surface area contributed by atoms with Crippen molar-refractivity contribution in [1.29, 1.82) is 0 Å². The number of rotatable bonds is 8. The number of halogens is 3. The second kappa shape index (κ2) is 10.9. The number of methoxy groups -OCH3 is 1. The van der Waals surface area contributed by atoms with Gasteiger partial charge in [-0.2, -0.15) is 13.2 Å². The number of anilines is 1. The molecule has 2 aromatic carbocycles. The van der Waals surface area contributed by atoms with Crippen LogP contribution in [0.15, 0.2) is 59.5 Å². The molecule has 3 amide bonds. The molecule has 2 aromatic rings. The highest BCUT2D eigenvalue weighted by Gasteiger charge is 2.46. The average molecular weight is 552 g/mol. The molecule has 2 aliphatic rings. The third-order valence-electron chi connectivity index (χ3n) is 6.32. The number of amides is 3. The number of alkyl halides is 3. The Bertz CT molecular complexity index is 1320. The van der Waals surface area contributed by atoms with Crippen molar-refractivity contribution in [3.8, 4) is 5.75 Å². The molecule has 0 spiro atoms. The number of aryl methyl sites for hydroxylation is 1. The van der Waals surface area contributed by atoms with Crippen molar-refractivity contribution < 1.29 is 41.6 Å². The van der Waals surface area contributed by atoms with E-state index in [0.717, 1.165) is 12.1 Å². The zero-order valence-corrected chi connectivity index (χ0v) is 20.8. The summed E-state index contributed by atoms with van der Waals surface area (Å²) in [5.74, 6) is -1.44. The van der Waals surface area contributed by atoms with Gasteiger partial charge in [0.2, 0.25) is 0 Å². The number of hydrogen-bond donors (Lipinski definition) is 3. The van der Waals surface area contributed by atoms with Gasteiger partial charge in [0, 0.05) is 22.9 Å². The highest BCUT2D eigenvalue weighted by Crippen LogP contribution is 2.37. The number of nitrogens with one attached hydrogen (secondary N) is 2. The van der Waals surface area contributed by atoms with E-state index in [1.165, 1.54) is 30.2 Å². The van der Waals surface area contributed by atoms with Gasteiger partial charge in [0.05, 0.1) is 18.7 Å². The first-order valence-electron chi connectivity index (χ1n) is 11.5. The monoisotopic (exact) mass is 551 g/mol. The highest BCUT2D eigenvalue weighted by atomic mass is 32.2. The van der Waals surface area contributed by atoms with E-state index in [2.05, 4.69) is 10.6 Å². The largest absolute Gasteiger partial charge is 0.496 e. The van der Waals surface area contributed by atoms with Crippen LogP contribution in [-0.4, -0.2) is 56.9 Å². The summed E-state index contributed by atoms with van der Waals surface area (Å²) < 4.78 is 55.6. The number of urea groups is 1. The van der Waals surface area contributed by atoms with Crippen LogP contribution in [0.4, 0.5) is 23.7 Å². The molecule has 13 heteroatoms. The van der Waals surface area contributed by atoms with Gasteiger partial charge in [-0.3, -0.25) is 14.5 Å². The van der Waals surface area contributed by atoms with E-state index < -0.39 is 45.3 Å². The summed E-state index contributed by atoms with van der Waals surface area (Å²) in [4.78, 5) is 38.3. The van der Waals surface area contributed by atoms with Crippen molar-refractivity contribution in [3.63, 3.8) is 0 Å². The lowest BCUT2D eigenvalue weighted by Gasteiger charge is -2.33. The Kier molecular flexibility index (Phi) is 7.76. The number of carbonyl (C=O) groups excluding carboxylic acids is 2. The van der Waals surface area contributed by atoms with E-state index in [0.29, 0.717) is 12.0 Å². The molecule has 4 unspecified atom stereocenters. The lowest BCUT2D eigenvalue weighted by Crippen LogP contribution is -2.54. The van der Waals surface area contributed by atoms with Crippen LogP contribution in [0.1, 0.15) is 28.8 Å². The maximum absolute atomic E-state index is 13.3. The van der Waals surface area contributed by atoms with Crippen LogP contribution in [0.5, 0.6) is 5.75 Å². The molecule has 1 heterocycles. The molecule has 202 valence electrons. The van der Waals surface area contributed by atoms with Gasteiger partial charge in [-0.05, 0) is 48.7 Å². The fraction of sp³-hybridized carbons (Fsp3) is 0.320. The molecule has 0 radical (unpaired) electrons. The quantitative estimate of drug-likeness (QED) is 0.428. The summed E-state index contributed by atoms with van der Waals surface area (Å²) in [5.41, 5.74) is -4.13. The molecule has 1 fully saturated rings. The van der Waals surface area contributed by atoms with E-state index in [9.17, 15) is 31.8 Å². The second-order valence-corrected chi connectivity index (χ2v) is 10.2. The summed E-state index contributed by atoms with van der Waals surface area (Å²) in [6.45, 7) is 0. The van der Waals surface area contributed by atoms with Gasteiger partial charge in [-0.25, -0.2) is 9.00 Å². The van der Waals surface area contributed by atoms with E-state index in [1.807, 2.05) is 12.2 Å². The van der Waals surface area contributed by atoms with Crippen molar-refractivity contribution in [2.24, 2.45) is 5.92 Å². The van der Waals surface area contributed by atoms with Gasteiger partial charge in [0.1, 0.15) is 11.9 Å². The molecule has 38 heavy (non-hydrogen) atoms. The van der Waals surface area contributed by atoms with Crippen molar-refractivity contribution >= 4 is 34.4 Å². The Hall–Kier alpha value is -3.87. The molecular formula is C25H24F3N3O6S. The highest BCUT2D eigenvalue weighted by molar-refractivity contribution is 7.86. The Morgan fingerprint density at radius 2 is 1.92 bits per heavy atom. The first-order chi connectivity index (χ1) is 18.0. The number of carboxylic acids is 1. The third kappa shape index (κ3) is 5.82. The molecule has 9 nitrogen and oxygen atoms in total. The number of hydrogen-bond acceptors (Lipinski definition) is 5. The van der Waals surface area contributed by atoms with Crippen LogP contribution in [-0.2, 0) is 22.0 Å². The number of aliphatic carboxylic acids is 1. The minimum Gasteiger partial charge on any atom is -0.496 e. The van der Waals surface area contributed by atoms with Crippen LogP contribution in [0, 0.1) is 5.92 Å². The van der Waals surface area contributed by atoms with E-state index in [1.54, 1.807) is 12.1 Å². The van der Waals surface area contributed by atoms with Crippen LogP contribution in [0.25, 0.3) is 0 Å². The minimum atomic E-state index is -4.94. The summed E-state index contributed by atoms with van der Waals surface area (Å²) in [7, 11) is -1.86. The number of likely N-dealkylation sites (tertiary alicyclic amines) is 1.